The molecule has 3 nitrogen and oxygen atoms in total. The molecule has 4 heteroatoms. The van der Waals surface area contributed by atoms with Crippen molar-refractivity contribution in [3.05, 3.63) is 160 Å². The molecule has 2 aliphatic carbocycles. The van der Waals surface area contributed by atoms with E-state index in [4.69, 9.17) is 9.72 Å². The third kappa shape index (κ3) is 12.2. The Morgan fingerprint density at radius 2 is 0.709 bits per heavy atom. The first-order valence-corrected chi connectivity index (χ1v) is 23.5. The van der Waals surface area contributed by atoms with E-state index in [1.54, 1.807) is 0 Å². The van der Waals surface area contributed by atoms with Crippen LogP contribution in [-0.2, 0) is 16.2 Å². The van der Waals surface area contributed by atoms with Crippen LogP contribution in [-0.4, -0.2) is 5.71 Å². The minimum absolute atomic E-state index is 0.00562. The van der Waals surface area contributed by atoms with Gasteiger partial charge in [-0.2, -0.15) is 0 Å². The van der Waals surface area contributed by atoms with Crippen molar-refractivity contribution in [3.8, 4) is 0 Å². The summed E-state index contributed by atoms with van der Waals surface area (Å²) in [5.41, 5.74) is 8.28. The Labute approximate surface area is 353 Å². The number of hydrogen-bond acceptors (Lipinski definition) is 3. The molecular weight excluding hydrogens is 893 g/mol. The molecule has 0 unspecified atom stereocenters. The molecule has 10 radical (unpaired) electrons. The van der Waals surface area contributed by atoms with Gasteiger partial charge in [-0.15, -0.1) is 0 Å². The monoisotopic (exact) mass is 962 g/mol. The summed E-state index contributed by atoms with van der Waals surface area (Å²) in [7, 11) is 0. The fraction of sp³-hybridized carbons (Fsp3) is 0.431. The molecular formula is C51H69N3U+2. The predicted molar refractivity (Wildman–Crippen MR) is 235 cm³/mol. The maximum absolute atomic E-state index is 5.26. The van der Waals surface area contributed by atoms with Gasteiger partial charge in [-0.25, -0.2) is 0 Å². The van der Waals surface area contributed by atoms with Crippen molar-refractivity contribution in [2.24, 2.45) is 9.72 Å². The second-order valence-electron chi connectivity index (χ2n) is 18.4. The number of rotatable bonds is 4. The first kappa shape index (κ1) is 47.4. The van der Waals surface area contributed by atoms with Crippen molar-refractivity contribution >= 4 is 11.4 Å². The Kier molecular flexibility index (Phi) is 16.9. The van der Waals surface area contributed by atoms with Gasteiger partial charge in [0.05, 0.1) is 0 Å². The minimum atomic E-state index is -1.92. The van der Waals surface area contributed by atoms with Crippen LogP contribution in [0.15, 0.2) is 82.5 Å². The molecule has 0 amide bonds. The zero-order valence-corrected chi connectivity index (χ0v) is 41.9. The van der Waals surface area contributed by atoms with Crippen LogP contribution < -0.4 is 0 Å². The second kappa shape index (κ2) is 19.6. The number of hydrogen-bond donors (Lipinski definition) is 0. The van der Waals surface area contributed by atoms with Crippen LogP contribution in [0.4, 0.5) is 5.69 Å². The van der Waals surface area contributed by atoms with E-state index in [1.165, 1.54) is 75.9 Å². The Morgan fingerprint density at radius 1 is 0.418 bits per heavy atom. The Hall–Kier alpha value is -2.02. The van der Waals surface area contributed by atoms with Crippen LogP contribution in [0.5, 0.6) is 0 Å². The summed E-state index contributed by atoms with van der Waals surface area (Å²) < 4.78 is 10.0. The Balaban J connectivity index is 0.000000327. The molecule has 290 valence electrons. The summed E-state index contributed by atoms with van der Waals surface area (Å²) in [6.07, 6.45) is 0. The van der Waals surface area contributed by atoms with E-state index in [0.717, 1.165) is 22.5 Å². The quantitative estimate of drug-likeness (QED) is 0.185. The number of benzene rings is 3. The normalized spacial score (nSPS) is 18.0. The van der Waals surface area contributed by atoms with Gasteiger partial charge in [0.25, 0.3) is 0 Å². The molecule has 0 aliphatic heterocycles. The molecule has 3 aromatic rings. The average Bonchev–Trinajstić information content (AvgIpc) is 3.40. The molecule has 2 saturated carbocycles. The molecule has 0 bridgehead atoms. The van der Waals surface area contributed by atoms with Crippen LogP contribution in [0.3, 0.4) is 0 Å². The van der Waals surface area contributed by atoms with E-state index in [9.17, 15) is 0 Å². The zero-order chi connectivity index (χ0) is 41.6. The van der Waals surface area contributed by atoms with Crippen LogP contribution in [0, 0.1) is 86.6 Å². The molecule has 0 aromatic heterocycles. The predicted octanol–water partition coefficient (Wildman–Crippen LogP) is 15.1. The molecule has 0 heterocycles. The van der Waals surface area contributed by atoms with E-state index in [2.05, 4.69) is 168 Å². The van der Waals surface area contributed by atoms with Gasteiger partial charge in [-0.3, -0.25) is 0 Å². The average molecular weight is 962 g/mol. The van der Waals surface area contributed by atoms with Crippen LogP contribution in [0.25, 0.3) is 0 Å². The van der Waals surface area contributed by atoms with E-state index < -0.39 is 27.4 Å². The van der Waals surface area contributed by atoms with Gasteiger partial charge in [0.2, 0.25) is 0 Å². The van der Waals surface area contributed by atoms with E-state index in [1.807, 2.05) is 36.4 Å². The molecule has 0 saturated heterocycles. The molecule has 0 spiro atoms. The molecule has 0 N–H and O–H groups in total. The van der Waals surface area contributed by atoms with Crippen molar-refractivity contribution in [1.82, 2.24) is 0 Å². The summed E-state index contributed by atoms with van der Waals surface area (Å²) >= 11 is -1.92. The third-order valence-electron chi connectivity index (χ3n) is 11.7. The van der Waals surface area contributed by atoms with Crippen molar-refractivity contribution in [2.45, 2.75) is 148 Å². The van der Waals surface area contributed by atoms with Gasteiger partial charge in [-0.1, -0.05) is 69.2 Å². The molecule has 5 rings (SSSR count). The summed E-state index contributed by atoms with van der Waals surface area (Å²) in [5, 5.41) is 4.76. The van der Waals surface area contributed by atoms with Crippen LogP contribution in [0.2, 0.25) is 0 Å². The van der Waals surface area contributed by atoms with Gasteiger partial charge in [0, 0.05) is 0 Å². The maximum Gasteiger partial charge on any atom is -0.0130 e. The van der Waals surface area contributed by atoms with Crippen molar-refractivity contribution < 1.29 is 27.4 Å². The summed E-state index contributed by atoms with van der Waals surface area (Å²) in [6.45, 7) is 42.6. The molecule has 2 aliphatic rings. The SMILES string of the molecule is CC(C)(C)c1cc(C(C)(C)C)c([N]=[U+2]=[N]N=C(c2ccccc2)c2ccccc2)c(C(C)(C)C)c1.C[C]1[C](C)[C](C)[C](C)[C]1C.C[C]1[C](C)[C](C)[C](C)[C]1C. The van der Waals surface area contributed by atoms with E-state index >= 15 is 0 Å². The van der Waals surface area contributed by atoms with Gasteiger partial charge in [0.1, 0.15) is 0 Å². The maximum atomic E-state index is 5.26. The molecule has 0 atom stereocenters. The number of nitrogens with zero attached hydrogens (tertiary/aromatic N) is 3. The third-order valence-corrected chi connectivity index (χ3v) is 13.8. The summed E-state index contributed by atoms with van der Waals surface area (Å²) in [6, 6.07) is 25.4. The molecule has 3 aromatic carbocycles. The smallest absolute Gasteiger partial charge is 0.0130 e. The fourth-order valence-corrected chi connectivity index (χ4v) is 8.97. The van der Waals surface area contributed by atoms with Crippen molar-refractivity contribution in [1.29, 1.82) is 0 Å². The Bertz CT molecular complexity index is 1550. The fourth-order valence-electron chi connectivity index (χ4n) is 6.76. The summed E-state index contributed by atoms with van der Waals surface area (Å²) in [5.74, 6) is 14.7. The first-order chi connectivity index (χ1) is 25.4. The minimum Gasteiger partial charge on any atom is -0.0579 e. The molecule has 55 heavy (non-hydrogen) atoms. The van der Waals surface area contributed by atoms with Gasteiger partial charge in [0.15, 0.2) is 0 Å². The van der Waals surface area contributed by atoms with Crippen molar-refractivity contribution in [3.63, 3.8) is 0 Å². The van der Waals surface area contributed by atoms with Gasteiger partial charge >= 0.3 is 228 Å². The zero-order valence-electron chi connectivity index (χ0n) is 37.8. The van der Waals surface area contributed by atoms with Crippen LogP contribution in [0.1, 0.15) is 159 Å². The standard InChI is InChI=1S/C18H29N.C13H10N2.2C10H15.U/c1-16(2,3)12-10-13(17(4,5)6)15(19)14(11-12)18(7,8)9;14-15-13(11-7-3-1-4-8-11)12-9-5-2-6-10-12;2*1-6-7(2)9(4)10(5)8(6)3;/h10-11H,1-9H3;1-10H;2*1-5H3;/q;;;;+2. The van der Waals surface area contributed by atoms with Gasteiger partial charge in [-0.05, 0) is 59.2 Å². The van der Waals surface area contributed by atoms with E-state index in [0.29, 0.717) is 0 Å². The largest absolute Gasteiger partial charge is 0.0579 e. The Morgan fingerprint density at radius 3 is 0.964 bits per heavy atom. The second-order valence-corrected chi connectivity index (χ2v) is 21.0. The first-order valence-electron chi connectivity index (χ1n) is 19.8. The van der Waals surface area contributed by atoms with Gasteiger partial charge < -0.3 is 0 Å². The van der Waals surface area contributed by atoms with E-state index in [-0.39, 0.29) is 16.2 Å². The topological polar surface area (TPSA) is 37.1 Å². The summed E-state index contributed by atoms with van der Waals surface area (Å²) in [4.78, 5) is 0. The van der Waals surface area contributed by atoms with Crippen molar-refractivity contribution in [2.75, 3.05) is 0 Å². The molecule has 2 fully saturated rings. The van der Waals surface area contributed by atoms with Crippen LogP contribution >= 0.6 is 0 Å².